The van der Waals surface area contributed by atoms with Gasteiger partial charge < -0.3 is 15.4 Å². The molecule has 1 aliphatic carbocycles. The molecule has 4 heteroatoms. The van der Waals surface area contributed by atoms with Gasteiger partial charge >= 0.3 is 0 Å². The number of methoxy groups -OCH3 is 1. The minimum atomic E-state index is 0.655. The summed E-state index contributed by atoms with van der Waals surface area (Å²) in [7, 11) is 3.55. The summed E-state index contributed by atoms with van der Waals surface area (Å²) in [5, 5.41) is 6.80. The minimum absolute atomic E-state index is 0.655. The zero-order valence-corrected chi connectivity index (χ0v) is 14.6. The lowest BCUT2D eigenvalue weighted by Crippen LogP contribution is -2.37. The summed E-state index contributed by atoms with van der Waals surface area (Å²) in [6, 6.07) is 8.45. The predicted octanol–water partition coefficient (Wildman–Crippen LogP) is 3.47. The van der Waals surface area contributed by atoms with Crippen LogP contribution in [0.2, 0.25) is 0 Å². The van der Waals surface area contributed by atoms with Gasteiger partial charge in [0, 0.05) is 27.2 Å². The third kappa shape index (κ3) is 6.61. The Labute approximate surface area is 140 Å². The van der Waals surface area contributed by atoms with E-state index in [-0.39, 0.29) is 0 Å². The normalized spacial score (nSPS) is 15.8. The van der Waals surface area contributed by atoms with Crippen molar-refractivity contribution < 1.29 is 4.74 Å². The molecule has 4 nitrogen and oxygen atoms in total. The fourth-order valence-electron chi connectivity index (χ4n) is 3.30. The predicted molar refractivity (Wildman–Crippen MR) is 96.5 cm³/mol. The fraction of sp³-hybridized carbons (Fsp3) is 0.632. The van der Waals surface area contributed by atoms with Gasteiger partial charge in [0.2, 0.25) is 0 Å². The van der Waals surface area contributed by atoms with Crippen molar-refractivity contribution in [3.63, 3.8) is 0 Å². The van der Waals surface area contributed by atoms with Gasteiger partial charge in [0.1, 0.15) is 0 Å². The van der Waals surface area contributed by atoms with E-state index in [0.29, 0.717) is 6.61 Å². The number of nitrogens with zero attached hydrogens (tertiary/aromatic N) is 1. The van der Waals surface area contributed by atoms with E-state index in [1.54, 1.807) is 7.11 Å². The minimum Gasteiger partial charge on any atom is -0.380 e. The van der Waals surface area contributed by atoms with Crippen LogP contribution in [0.5, 0.6) is 0 Å². The number of benzene rings is 1. The van der Waals surface area contributed by atoms with Crippen molar-refractivity contribution >= 4 is 5.96 Å². The standard InChI is InChI=1S/C19H31N3O/c1-20-19(21-12-6-11-16-7-3-4-8-16)22-14-17-9-5-10-18(13-17)15-23-2/h5,9-10,13,16H,3-4,6-8,11-12,14-15H2,1-2H3,(H2,20,21,22). The van der Waals surface area contributed by atoms with E-state index in [9.17, 15) is 0 Å². The average molecular weight is 317 g/mol. The third-order valence-corrected chi connectivity index (χ3v) is 4.54. The molecule has 0 radical (unpaired) electrons. The van der Waals surface area contributed by atoms with E-state index >= 15 is 0 Å². The summed E-state index contributed by atoms with van der Waals surface area (Å²) in [6.45, 7) is 2.43. The molecule has 1 saturated carbocycles. The molecule has 0 saturated heterocycles. The monoisotopic (exact) mass is 317 g/mol. The molecule has 0 aliphatic heterocycles. The fourth-order valence-corrected chi connectivity index (χ4v) is 3.30. The summed E-state index contributed by atoms with van der Waals surface area (Å²) in [6.07, 6.45) is 8.32. The molecule has 0 spiro atoms. The maximum absolute atomic E-state index is 5.18. The first-order chi connectivity index (χ1) is 11.3. The van der Waals surface area contributed by atoms with Crippen LogP contribution in [0.3, 0.4) is 0 Å². The van der Waals surface area contributed by atoms with Crippen LogP contribution in [0.25, 0.3) is 0 Å². The Morgan fingerprint density at radius 1 is 1.22 bits per heavy atom. The van der Waals surface area contributed by atoms with Crippen LogP contribution in [0.15, 0.2) is 29.3 Å². The number of rotatable bonds is 8. The number of nitrogens with one attached hydrogen (secondary N) is 2. The topological polar surface area (TPSA) is 45.7 Å². The van der Waals surface area contributed by atoms with Gasteiger partial charge in [-0.15, -0.1) is 0 Å². The first-order valence-electron chi connectivity index (χ1n) is 8.83. The van der Waals surface area contributed by atoms with Gasteiger partial charge in [-0.25, -0.2) is 0 Å². The number of aliphatic imine (C=N–C) groups is 1. The molecule has 0 aromatic heterocycles. The summed E-state index contributed by atoms with van der Waals surface area (Å²) in [4.78, 5) is 4.30. The second-order valence-corrected chi connectivity index (χ2v) is 6.40. The molecule has 2 N–H and O–H groups in total. The molecule has 1 aromatic rings. The Balaban J connectivity index is 1.66. The third-order valence-electron chi connectivity index (χ3n) is 4.54. The molecule has 1 aromatic carbocycles. The van der Waals surface area contributed by atoms with Crippen LogP contribution >= 0.6 is 0 Å². The van der Waals surface area contributed by atoms with Crippen molar-refractivity contribution in [3.05, 3.63) is 35.4 Å². The maximum atomic E-state index is 5.18. The van der Waals surface area contributed by atoms with Gasteiger partial charge in [-0.1, -0.05) is 49.9 Å². The van der Waals surface area contributed by atoms with Gasteiger partial charge in [-0.3, -0.25) is 4.99 Å². The molecule has 0 bridgehead atoms. The molecule has 0 unspecified atom stereocenters. The molecule has 0 heterocycles. The molecular weight excluding hydrogens is 286 g/mol. The van der Waals surface area contributed by atoms with E-state index < -0.39 is 0 Å². The first-order valence-corrected chi connectivity index (χ1v) is 8.83. The SMILES string of the molecule is CN=C(NCCCC1CCCC1)NCc1cccc(COC)c1. The van der Waals surface area contributed by atoms with E-state index in [2.05, 4.69) is 39.9 Å². The Kier molecular flexibility index (Phi) is 7.95. The van der Waals surface area contributed by atoms with Crippen molar-refractivity contribution in [3.8, 4) is 0 Å². The van der Waals surface area contributed by atoms with Crippen LogP contribution in [0, 0.1) is 5.92 Å². The summed E-state index contributed by atoms with van der Waals surface area (Å²) >= 11 is 0. The highest BCUT2D eigenvalue weighted by Crippen LogP contribution is 2.28. The quantitative estimate of drug-likeness (QED) is 0.438. The number of hydrogen-bond acceptors (Lipinski definition) is 2. The van der Waals surface area contributed by atoms with Crippen molar-refractivity contribution in [2.24, 2.45) is 10.9 Å². The molecule has 1 fully saturated rings. The number of hydrogen-bond donors (Lipinski definition) is 2. The van der Waals surface area contributed by atoms with E-state index in [0.717, 1.165) is 25.0 Å². The van der Waals surface area contributed by atoms with Crippen molar-refractivity contribution in [2.75, 3.05) is 20.7 Å². The van der Waals surface area contributed by atoms with Gasteiger partial charge in [0.05, 0.1) is 6.61 Å². The summed E-state index contributed by atoms with van der Waals surface area (Å²) < 4.78 is 5.18. The van der Waals surface area contributed by atoms with Crippen LogP contribution in [-0.2, 0) is 17.9 Å². The van der Waals surface area contributed by atoms with Crippen LogP contribution in [-0.4, -0.2) is 26.7 Å². The zero-order chi connectivity index (χ0) is 16.3. The molecule has 2 rings (SSSR count). The maximum Gasteiger partial charge on any atom is 0.191 e. The van der Waals surface area contributed by atoms with Gasteiger partial charge in [0.25, 0.3) is 0 Å². The van der Waals surface area contributed by atoms with Crippen molar-refractivity contribution in [1.29, 1.82) is 0 Å². The Bertz CT molecular complexity index is 481. The largest absolute Gasteiger partial charge is 0.380 e. The molecule has 128 valence electrons. The van der Waals surface area contributed by atoms with E-state index in [1.807, 2.05) is 7.05 Å². The Hall–Kier alpha value is -1.55. The second kappa shape index (κ2) is 10.3. The molecule has 0 atom stereocenters. The second-order valence-electron chi connectivity index (χ2n) is 6.40. The molecule has 23 heavy (non-hydrogen) atoms. The molecular formula is C19H31N3O. The molecule has 1 aliphatic rings. The summed E-state index contributed by atoms with van der Waals surface area (Å²) in [5.74, 6) is 1.85. The summed E-state index contributed by atoms with van der Waals surface area (Å²) in [5.41, 5.74) is 2.44. The van der Waals surface area contributed by atoms with Gasteiger partial charge in [0.15, 0.2) is 5.96 Å². The lowest BCUT2D eigenvalue weighted by Gasteiger charge is -2.13. The van der Waals surface area contributed by atoms with Crippen molar-refractivity contribution in [1.82, 2.24) is 10.6 Å². The molecule has 0 amide bonds. The van der Waals surface area contributed by atoms with E-state index in [1.165, 1.54) is 49.7 Å². The Morgan fingerprint density at radius 3 is 2.74 bits per heavy atom. The Morgan fingerprint density at radius 2 is 2.00 bits per heavy atom. The number of ether oxygens (including phenoxy) is 1. The average Bonchev–Trinajstić information content (AvgIpc) is 3.08. The highest BCUT2D eigenvalue weighted by atomic mass is 16.5. The van der Waals surface area contributed by atoms with Crippen LogP contribution < -0.4 is 10.6 Å². The van der Waals surface area contributed by atoms with Crippen molar-refractivity contribution in [2.45, 2.75) is 51.7 Å². The lowest BCUT2D eigenvalue weighted by molar-refractivity contribution is 0.185. The van der Waals surface area contributed by atoms with E-state index in [4.69, 9.17) is 4.74 Å². The van der Waals surface area contributed by atoms with Crippen LogP contribution in [0.1, 0.15) is 49.7 Å². The number of guanidine groups is 1. The van der Waals surface area contributed by atoms with Gasteiger partial charge in [-0.2, -0.15) is 0 Å². The lowest BCUT2D eigenvalue weighted by atomic mass is 10.0. The van der Waals surface area contributed by atoms with Gasteiger partial charge in [-0.05, 0) is 29.9 Å². The highest BCUT2D eigenvalue weighted by molar-refractivity contribution is 5.79. The zero-order valence-electron chi connectivity index (χ0n) is 14.6. The van der Waals surface area contributed by atoms with Crippen LogP contribution in [0.4, 0.5) is 0 Å². The first kappa shape index (κ1) is 17.8. The smallest absolute Gasteiger partial charge is 0.191 e. The highest BCUT2D eigenvalue weighted by Gasteiger charge is 2.13.